The summed E-state index contributed by atoms with van der Waals surface area (Å²) in [4.78, 5) is 0. The van der Waals surface area contributed by atoms with Gasteiger partial charge in [0.25, 0.3) is 0 Å². The smallest absolute Gasteiger partial charge is 0.0482 e. The third kappa shape index (κ3) is 4.54. The normalized spacial score (nSPS) is 15.1. The van der Waals surface area contributed by atoms with Crippen molar-refractivity contribution in [2.24, 2.45) is 0 Å². The van der Waals surface area contributed by atoms with Crippen molar-refractivity contribution in [2.45, 2.75) is 12.5 Å². The average molecular weight is 450 g/mol. The zero-order chi connectivity index (χ0) is 23.5. The zero-order valence-corrected chi connectivity index (χ0v) is 19.6. The predicted molar refractivity (Wildman–Crippen MR) is 150 cm³/mol. The largest absolute Gasteiger partial charge is 0.379 e. The van der Waals surface area contributed by atoms with Crippen LogP contribution in [0.3, 0.4) is 0 Å². The molecule has 0 heterocycles. The van der Waals surface area contributed by atoms with Gasteiger partial charge in [-0.05, 0) is 68.8 Å². The van der Waals surface area contributed by atoms with Crippen LogP contribution in [0, 0.1) is 0 Å². The molecule has 35 heavy (non-hydrogen) atoms. The van der Waals surface area contributed by atoms with E-state index in [0.29, 0.717) is 6.04 Å². The van der Waals surface area contributed by atoms with Crippen LogP contribution in [-0.2, 0) is 0 Å². The molecule has 5 aromatic carbocycles. The summed E-state index contributed by atoms with van der Waals surface area (Å²) in [5.74, 6) is 0. The van der Waals surface area contributed by atoms with Gasteiger partial charge in [-0.1, -0.05) is 121 Å². The summed E-state index contributed by atoms with van der Waals surface area (Å²) in [6, 6.07) is 43.5. The van der Waals surface area contributed by atoms with Gasteiger partial charge in [0.15, 0.2) is 0 Å². The molecule has 1 N–H and O–H groups in total. The molecule has 0 aliphatic heterocycles. The van der Waals surface area contributed by atoms with Gasteiger partial charge in [0.05, 0.1) is 0 Å². The lowest BCUT2D eigenvalue weighted by Crippen LogP contribution is -2.17. The van der Waals surface area contributed by atoms with Gasteiger partial charge in [-0.15, -0.1) is 0 Å². The molecule has 1 aliphatic carbocycles. The van der Waals surface area contributed by atoms with Crippen LogP contribution in [0.15, 0.2) is 140 Å². The van der Waals surface area contributed by atoms with Crippen LogP contribution in [0.4, 0.5) is 5.69 Å². The number of anilines is 1. The maximum absolute atomic E-state index is 3.67. The van der Waals surface area contributed by atoms with Crippen molar-refractivity contribution in [1.29, 1.82) is 0 Å². The summed E-state index contributed by atoms with van der Waals surface area (Å²) >= 11 is 0. The lowest BCUT2D eigenvalue weighted by Gasteiger charge is -2.20. The van der Waals surface area contributed by atoms with Crippen LogP contribution >= 0.6 is 0 Å². The Labute approximate surface area is 207 Å². The van der Waals surface area contributed by atoms with Crippen molar-refractivity contribution < 1.29 is 0 Å². The highest BCUT2D eigenvalue weighted by molar-refractivity contribution is 5.96. The molecular formula is C34H27N. The van der Waals surface area contributed by atoms with Crippen LogP contribution in [0.2, 0.25) is 0 Å². The topological polar surface area (TPSA) is 12.0 Å². The third-order valence-electron chi connectivity index (χ3n) is 6.74. The molecule has 0 radical (unpaired) electrons. The highest BCUT2D eigenvalue weighted by Gasteiger charge is 2.11. The Hall–Kier alpha value is -4.36. The summed E-state index contributed by atoms with van der Waals surface area (Å²) in [5, 5.41) is 6.24. The molecule has 0 bridgehead atoms. The number of nitrogens with one attached hydrogen (secondary N) is 1. The summed E-state index contributed by atoms with van der Waals surface area (Å²) in [7, 11) is 0. The van der Waals surface area contributed by atoms with E-state index in [1.54, 1.807) is 0 Å². The van der Waals surface area contributed by atoms with Crippen molar-refractivity contribution in [2.75, 3.05) is 5.32 Å². The Kier molecular flexibility index (Phi) is 5.74. The molecule has 0 saturated heterocycles. The minimum absolute atomic E-state index is 0.291. The first-order valence-electron chi connectivity index (χ1n) is 12.2. The fourth-order valence-corrected chi connectivity index (χ4v) is 4.89. The molecule has 1 unspecified atom stereocenters. The molecule has 0 aromatic heterocycles. The van der Waals surface area contributed by atoms with Crippen molar-refractivity contribution >= 4 is 22.0 Å². The molecule has 1 aliphatic rings. The summed E-state index contributed by atoms with van der Waals surface area (Å²) in [5.41, 5.74) is 8.72. The highest BCUT2D eigenvalue weighted by atomic mass is 14.9. The molecule has 0 saturated carbocycles. The second-order valence-corrected chi connectivity index (χ2v) is 9.06. The minimum Gasteiger partial charge on any atom is -0.379 e. The second-order valence-electron chi connectivity index (χ2n) is 9.06. The van der Waals surface area contributed by atoms with E-state index in [2.05, 4.69) is 145 Å². The van der Waals surface area contributed by atoms with Crippen molar-refractivity contribution in [3.8, 4) is 22.3 Å². The number of fused-ring (bicyclic) bond motifs is 1. The van der Waals surface area contributed by atoms with Gasteiger partial charge in [0.1, 0.15) is 0 Å². The minimum atomic E-state index is 0.291. The quantitative estimate of drug-likeness (QED) is 0.282. The van der Waals surface area contributed by atoms with Crippen LogP contribution in [0.5, 0.6) is 0 Å². The number of hydrogen-bond acceptors (Lipinski definition) is 1. The van der Waals surface area contributed by atoms with Crippen LogP contribution in [0.1, 0.15) is 12.0 Å². The lowest BCUT2D eigenvalue weighted by molar-refractivity contribution is 0.886. The van der Waals surface area contributed by atoms with Gasteiger partial charge in [-0.2, -0.15) is 0 Å². The Balaban J connectivity index is 1.15. The maximum Gasteiger partial charge on any atom is 0.0482 e. The van der Waals surface area contributed by atoms with Crippen molar-refractivity contribution in [1.82, 2.24) is 0 Å². The number of hydrogen-bond donors (Lipinski definition) is 1. The molecule has 6 rings (SSSR count). The lowest BCUT2D eigenvalue weighted by atomic mass is 9.94. The Morgan fingerprint density at radius 3 is 2.11 bits per heavy atom. The fraction of sp³-hybridized carbons (Fsp3) is 0.0588. The van der Waals surface area contributed by atoms with Crippen molar-refractivity contribution in [3.63, 3.8) is 0 Å². The van der Waals surface area contributed by atoms with E-state index in [0.717, 1.165) is 12.1 Å². The van der Waals surface area contributed by atoms with Gasteiger partial charge in [-0.25, -0.2) is 0 Å². The van der Waals surface area contributed by atoms with Gasteiger partial charge < -0.3 is 5.32 Å². The summed E-state index contributed by atoms with van der Waals surface area (Å²) in [6.07, 6.45) is 7.83. The standard InChI is InChI=1S/C34H27N/c1-2-8-25(9-3-1)29-12-6-13-30(24-29)26-16-20-31(21-17-26)35-32-22-18-28(19-23-32)34-15-7-11-27-10-4-5-14-33(27)34/h1-20,22-24,31,35H,21H2. The van der Waals surface area contributed by atoms with Crippen LogP contribution < -0.4 is 5.32 Å². The van der Waals surface area contributed by atoms with E-state index < -0.39 is 0 Å². The van der Waals surface area contributed by atoms with Crippen LogP contribution in [0.25, 0.3) is 38.6 Å². The molecule has 1 nitrogen and oxygen atoms in total. The molecule has 5 aromatic rings. The van der Waals surface area contributed by atoms with E-state index in [4.69, 9.17) is 0 Å². The second kappa shape index (κ2) is 9.48. The molecule has 0 spiro atoms. The summed E-state index contributed by atoms with van der Waals surface area (Å²) < 4.78 is 0. The first-order chi connectivity index (χ1) is 17.3. The van der Waals surface area contributed by atoms with Crippen LogP contribution in [-0.4, -0.2) is 6.04 Å². The Bertz CT molecular complexity index is 1520. The Morgan fingerprint density at radius 2 is 1.29 bits per heavy atom. The molecule has 1 atom stereocenters. The Morgan fingerprint density at radius 1 is 0.571 bits per heavy atom. The maximum atomic E-state index is 3.67. The average Bonchev–Trinajstić information content (AvgIpc) is 2.94. The van der Waals surface area contributed by atoms with Gasteiger partial charge in [0.2, 0.25) is 0 Å². The van der Waals surface area contributed by atoms with Crippen molar-refractivity contribution in [3.05, 3.63) is 145 Å². The first kappa shape index (κ1) is 21.2. The van der Waals surface area contributed by atoms with Gasteiger partial charge >= 0.3 is 0 Å². The monoisotopic (exact) mass is 449 g/mol. The van der Waals surface area contributed by atoms with Gasteiger partial charge in [0, 0.05) is 11.7 Å². The zero-order valence-electron chi connectivity index (χ0n) is 19.6. The number of allylic oxidation sites excluding steroid dienone is 2. The predicted octanol–water partition coefficient (Wildman–Crippen LogP) is 9.00. The summed E-state index contributed by atoms with van der Waals surface area (Å²) in [6.45, 7) is 0. The van der Waals surface area contributed by atoms with E-state index in [1.165, 1.54) is 44.2 Å². The molecule has 0 amide bonds. The molecular weight excluding hydrogens is 422 g/mol. The number of rotatable bonds is 5. The van der Waals surface area contributed by atoms with Gasteiger partial charge in [-0.3, -0.25) is 0 Å². The number of benzene rings is 5. The molecule has 0 fully saturated rings. The molecule has 1 heteroatoms. The highest BCUT2D eigenvalue weighted by Crippen LogP contribution is 2.31. The molecule has 168 valence electrons. The SMILES string of the molecule is C1=CC(Nc2ccc(-c3cccc4ccccc34)cc2)CC=C1c1cccc(-c2ccccc2)c1. The van der Waals surface area contributed by atoms with E-state index in [-0.39, 0.29) is 0 Å². The van der Waals surface area contributed by atoms with E-state index >= 15 is 0 Å². The fourth-order valence-electron chi connectivity index (χ4n) is 4.89. The van der Waals surface area contributed by atoms with E-state index in [1.807, 2.05) is 0 Å². The third-order valence-corrected chi connectivity index (χ3v) is 6.74. The first-order valence-corrected chi connectivity index (χ1v) is 12.2. The van der Waals surface area contributed by atoms with E-state index in [9.17, 15) is 0 Å².